The molecule has 3 aliphatic rings. The predicted octanol–water partition coefficient (Wildman–Crippen LogP) is 4.78. The Labute approximate surface area is 161 Å². The summed E-state index contributed by atoms with van der Waals surface area (Å²) in [5.41, 5.74) is 4.89. The third-order valence-electron chi connectivity index (χ3n) is 6.89. The standard InChI is InChI=1S/C26H27N/c1-2-8-20(9-3-1)18-21-13-14-24-23-11-4-5-12-25(23)27-19-22-10-6-7-16-26(22,24)17-15-21/h1-12,21H,13-19H2. The lowest BCUT2D eigenvalue weighted by Crippen LogP contribution is -2.33. The lowest BCUT2D eigenvalue weighted by molar-refractivity contribution is 0.378. The van der Waals surface area contributed by atoms with E-state index in [9.17, 15) is 0 Å². The fraction of sp³-hybridized carbons (Fsp3) is 0.346. The van der Waals surface area contributed by atoms with Gasteiger partial charge in [-0.15, -0.1) is 0 Å². The highest BCUT2D eigenvalue weighted by molar-refractivity contribution is 5.61. The summed E-state index contributed by atoms with van der Waals surface area (Å²) in [6.45, 7) is 0.855. The molecule has 0 aromatic heterocycles. The van der Waals surface area contributed by atoms with E-state index in [4.69, 9.17) is 4.99 Å². The van der Waals surface area contributed by atoms with E-state index in [0.717, 1.165) is 18.9 Å². The van der Waals surface area contributed by atoms with E-state index in [2.05, 4.69) is 72.8 Å². The molecule has 0 amide bonds. The summed E-state index contributed by atoms with van der Waals surface area (Å²) in [7, 11) is 0. The van der Waals surface area contributed by atoms with Crippen molar-refractivity contribution in [3.05, 3.63) is 94.5 Å². The molecule has 2 unspecified atom stereocenters. The van der Waals surface area contributed by atoms with Crippen molar-refractivity contribution in [3.63, 3.8) is 0 Å². The predicted molar refractivity (Wildman–Crippen MR) is 112 cm³/mol. The number of fused-ring (bicyclic) bond motifs is 1. The largest absolute Gasteiger partial charge is 0.280 e. The second kappa shape index (κ2) is 6.96. The maximum absolute atomic E-state index is 4.98. The van der Waals surface area contributed by atoms with Gasteiger partial charge in [0.25, 0.3) is 0 Å². The minimum atomic E-state index is 0.205. The van der Waals surface area contributed by atoms with Gasteiger partial charge >= 0.3 is 0 Å². The molecular weight excluding hydrogens is 326 g/mol. The van der Waals surface area contributed by atoms with Gasteiger partial charge in [-0.05, 0) is 66.9 Å². The quantitative estimate of drug-likeness (QED) is 0.737. The third-order valence-corrected chi connectivity index (χ3v) is 6.89. The van der Waals surface area contributed by atoms with E-state index in [1.54, 1.807) is 5.57 Å². The molecule has 1 spiro atoms. The molecule has 2 aromatic carbocycles. The molecule has 1 heterocycles. The zero-order chi connectivity index (χ0) is 18.1. The van der Waals surface area contributed by atoms with Crippen LogP contribution in [0.1, 0.15) is 37.7 Å². The van der Waals surface area contributed by atoms with Gasteiger partial charge in [-0.3, -0.25) is 4.99 Å². The van der Waals surface area contributed by atoms with Crippen molar-refractivity contribution in [1.29, 1.82) is 0 Å². The third kappa shape index (κ3) is 3.00. The Bertz CT molecular complexity index is 1010. The highest BCUT2D eigenvalue weighted by Gasteiger charge is 2.41. The minimum absolute atomic E-state index is 0.205. The van der Waals surface area contributed by atoms with Gasteiger partial charge in [-0.25, -0.2) is 0 Å². The van der Waals surface area contributed by atoms with Crippen LogP contribution in [-0.2, 0) is 6.42 Å². The molecule has 0 radical (unpaired) electrons. The van der Waals surface area contributed by atoms with E-state index in [1.807, 2.05) is 0 Å². The Hall–Kier alpha value is -2.41. The molecule has 1 aliphatic heterocycles. The summed E-state index contributed by atoms with van der Waals surface area (Å²) in [6.07, 6.45) is 14.4. The van der Waals surface area contributed by atoms with Crippen molar-refractivity contribution in [2.24, 2.45) is 16.3 Å². The number of allylic oxidation sites excluding steroid dienone is 3. The first-order chi connectivity index (χ1) is 13.4. The van der Waals surface area contributed by atoms with Gasteiger partial charge in [0, 0.05) is 5.41 Å². The number of benzene rings is 2. The van der Waals surface area contributed by atoms with E-state index in [1.165, 1.54) is 53.8 Å². The molecule has 27 heavy (non-hydrogen) atoms. The van der Waals surface area contributed by atoms with Crippen LogP contribution < -0.4 is 10.6 Å². The normalized spacial score (nSPS) is 26.6. The molecule has 1 nitrogen and oxygen atoms in total. The van der Waals surface area contributed by atoms with Crippen molar-refractivity contribution in [1.82, 2.24) is 0 Å². The average molecular weight is 354 g/mol. The Morgan fingerprint density at radius 1 is 0.963 bits per heavy atom. The van der Waals surface area contributed by atoms with E-state index in [-0.39, 0.29) is 5.41 Å². The zero-order valence-electron chi connectivity index (χ0n) is 15.9. The smallest absolute Gasteiger partial charge is 0.0650 e. The van der Waals surface area contributed by atoms with Crippen LogP contribution in [0.25, 0.3) is 5.57 Å². The first-order valence-corrected chi connectivity index (χ1v) is 10.4. The maximum Gasteiger partial charge on any atom is 0.0650 e. The fourth-order valence-corrected chi connectivity index (χ4v) is 5.44. The lowest BCUT2D eigenvalue weighted by atomic mass is 9.66. The van der Waals surface area contributed by atoms with Crippen molar-refractivity contribution in [2.45, 2.75) is 38.5 Å². The highest BCUT2D eigenvalue weighted by Crippen LogP contribution is 2.51. The van der Waals surface area contributed by atoms with Crippen LogP contribution in [0.2, 0.25) is 0 Å². The molecule has 1 fully saturated rings. The van der Waals surface area contributed by atoms with Gasteiger partial charge in [0.1, 0.15) is 0 Å². The summed E-state index contributed by atoms with van der Waals surface area (Å²) in [6, 6.07) is 19.9. The monoisotopic (exact) mass is 353 g/mol. The van der Waals surface area contributed by atoms with Crippen LogP contribution in [0.15, 0.2) is 83.4 Å². The Morgan fingerprint density at radius 3 is 2.74 bits per heavy atom. The molecular formula is C26H27N. The number of hydrogen-bond acceptors (Lipinski definition) is 1. The summed E-state index contributed by atoms with van der Waals surface area (Å²) in [5.74, 6) is 0.775. The molecule has 1 saturated carbocycles. The zero-order valence-corrected chi connectivity index (χ0v) is 15.9. The number of para-hydroxylation sites is 1. The van der Waals surface area contributed by atoms with E-state index < -0.39 is 0 Å². The number of hydrogen-bond donors (Lipinski definition) is 0. The molecule has 136 valence electrons. The minimum Gasteiger partial charge on any atom is -0.280 e. The molecule has 1 heteroatoms. The van der Waals surface area contributed by atoms with E-state index >= 15 is 0 Å². The van der Waals surface area contributed by atoms with Crippen LogP contribution in [0, 0.1) is 11.3 Å². The summed E-state index contributed by atoms with van der Waals surface area (Å²) >= 11 is 0. The molecule has 2 aliphatic carbocycles. The van der Waals surface area contributed by atoms with Gasteiger partial charge in [-0.1, -0.05) is 72.3 Å². The van der Waals surface area contributed by atoms with Gasteiger partial charge < -0.3 is 0 Å². The SMILES string of the molecule is C1=CCC23CCC(Cc4ccccc4)CCC2=c2ccccc2=NCC3=C1. The summed E-state index contributed by atoms with van der Waals surface area (Å²) < 4.78 is 0. The highest BCUT2D eigenvalue weighted by atomic mass is 14.7. The Morgan fingerprint density at radius 2 is 1.81 bits per heavy atom. The van der Waals surface area contributed by atoms with Crippen LogP contribution in [0.5, 0.6) is 0 Å². The van der Waals surface area contributed by atoms with Crippen LogP contribution in [0.4, 0.5) is 0 Å². The van der Waals surface area contributed by atoms with Crippen molar-refractivity contribution < 1.29 is 0 Å². The second-order valence-electron chi connectivity index (χ2n) is 8.35. The Balaban J connectivity index is 1.58. The molecule has 2 atom stereocenters. The van der Waals surface area contributed by atoms with Gasteiger partial charge in [0.2, 0.25) is 0 Å². The topological polar surface area (TPSA) is 12.4 Å². The second-order valence-corrected chi connectivity index (χ2v) is 8.35. The first kappa shape index (κ1) is 16.7. The van der Waals surface area contributed by atoms with Gasteiger partial charge in [-0.2, -0.15) is 0 Å². The number of rotatable bonds is 2. The van der Waals surface area contributed by atoms with Crippen LogP contribution in [-0.4, -0.2) is 6.54 Å². The molecule has 0 bridgehead atoms. The van der Waals surface area contributed by atoms with Crippen molar-refractivity contribution in [3.8, 4) is 0 Å². The summed E-state index contributed by atoms with van der Waals surface area (Å²) in [4.78, 5) is 4.98. The van der Waals surface area contributed by atoms with Crippen molar-refractivity contribution in [2.75, 3.05) is 6.54 Å². The van der Waals surface area contributed by atoms with Gasteiger partial charge in [0.15, 0.2) is 0 Å². The number of nitrogens with zero attached hydrogens (tertiary/aromatic N) is 1. The Kier molecular flexibility index (Phi) is 4.32. The molecule has 0 N–H and O–H groups in total. The van der Waals surface area contributed by atoms with E-state index in [0.29, 0.717) is 0 Å². The molecule has 5 rings (SSSR count). The first-order valence-electron chi connectivity index (χ1n) is 10.4. The molecule has 2 aromatic rings. The van der Waals surface area contributed by atoms with Crippen LogP contribution >= 0.6 is 0 Å². The van der Waals surface area contributed by atoms with Crippen molar-refractivity contribution >= 4 is 5.57 Å². The molecule has 0 saturated heterocycles. The summed E-state index contributed by atoms with van der Waals surface area (Å²) in [5, 5.41) is 2.61. The fourth-order valence-electron chi connectivity index (χ4n) is 5.44. The van der Waals surface area contributed by atoms with Gasteiger partial charge in [0.05, 0.1) is 11.9 Å². The average Bonchev–Trinajstić information content (AvgIpc) is 2.97. The maximum atomic E-state index is 4.98. The lowest BCUT2D eigenvalue weighted by Gasteiger charge is -2.38. The van der Waals surface area contributed by atoms with Crippen LogP contribution in [0.3, 0.4) is 0 Å².